The first-order valence-electron chi connectivity index (χ1n) is 10.8. The van der Waals surface area contributed by atoms with Gasteiger partial charge in [-0.25, -0.2) is 4.39 Å². The van der Waals surface area contributed by atoms with Gasteiger partial charge in [0.1, 0.15) is 5.82 Å². The maximum Gasteiger partial charge on any atom is 0.416 e. The van der Waals surface area contributed by atoms with Crippen LogP contribution >= 0.6 is 11.6 Å². The highest BCUT2D eigenvalue weighted by Crippen LogP contribution is 2.37. The number of hydrogen-bond acceptors (Lipinski definition) is 1. The van der Waals surface area contributed by atoms with Gasteiger partial charge in [0.05, 0.1) is 27.6 Å². The van der Waals surface area contributed by atoms with E-state index in [1.807, 2.05) is 0 Å². The molecule has 0 amide bonds. The van der Waals surface area contributed by atoms with Crippen LogP contribution in [0.2, 0.25) is 11.3 Å². The molecule has 0 unspecified atom stereocenters. The van der Waals surface area contributed by atoms with E-state index in [9.17, 15) is 30.7 Å². The summed E-state index contributed by atoms with van der Waals surface area (Å²) in [6.45, 7) is 0. The first-order valence-corrected chi connectivity index (χ1v) is 11.1. The maximum absolute atomic E-state index is 13.5. The predicted molar refractivity (Wildman–Crippen MR) is 125 cm³/mol. The molecule has 3 aromatic carbocycles. The van der Waals surface area contributed by atoms with Crippen molar-refractivity contribution in [1.29, 1.82) is 0 Å². The van der Waals surface area contributed by atoms with E-state index in [0.717, 1.165) is 30.3 Å². The molecule has 4 aromatic rings. The van der Waals surface area contributed by atoms with Gasteiger partial charge in [0, 0.05) is 18.3 Å². The Morgan fingerprint density at radius 2 is 1.42 bits per heavy atom. The molecule has 0 aliphatic carbocycles. The lowest BCUT2D eigenvalue weighted by Crippen LogP contribution is -2.27. The zero-order valence-corrected chi connectivity index (χ0v) is 19.2. The minimum absolute atomic E-state index is 0.126. The third-order valence-electron chi connectivity index (χ3n) is 5.78. The summed E-state index contributed by atoms with van der Waals surface area (Å²) in [6.07, 6.45) is -5.98. The second kappa shape index (κ2) is 10.0. The molecule has 0 aliphatic heterocycles. The van der Waals surface area contributed by atoms with Crippen LogP contribution in [0.3, 0.4) is 0 Å². The molecule has 0 spiro atoms. The number of benzene rings is 3. The molecular formula is C25H17BClF7N2. The van der Waals surface area contributed by atoms with Crippen LogP contribution in [-0.4, -0.2) is 16.8 Å². The van der Waals surface area contributed by atoms with Gasteiger partial charge in [-0.05, 0) is 41.5 Å². The topological polar surface area (TPSA) is 17.8 Å². The van der Waals surface area contributed by atoms with Gasteiger partial charge < -0.3 is 4.57 Å². The fourth-order valence-electron chi connectivity index (χ4n) is 4.08. The highest BCUT2D eigenvalue weighted by Gasteiger charge is 2.33. The van der Waals surface area contributed by atoms with Crippen LogP contribution in [0, 0.1) is 5.82 Å². The van der Waals surface area contributed by atoms with E-state index < -0.39 is 35.2 Å². The Morgan fingerprint density at radius 1 is 0.833 bits per heavy atom. The molecule has 0 saturated heterocycles. The molecule has 0 bridgehead atoms. The van der Waals surface area contributed by atoms with Crippen molar-refractivity contribution in [1.82, 2.24) is 9.55 Å². The largest absolute Gasteiger partial charge is 0.416 e. The highest BCUT2D eigenvalue weighted by molar-refractivity contribution is 6.51. The Labute approximate surface area is 207 Å². The number of nitrogens with zero attached hydrogens (tertiary/aromatic N) is 2. The van der Waals surface area contributed by atoms with Gasteiger partial charge >= 0.3 is 12.4 Å². The number of imidazole rings is 1. The normalized spacial score (nSPS) is 12.2. The van der Waals surface area contributed by atoms with E-state index in [1.165, 1.54) is 42.6 Å². The summed E-state index contributed by atoms with van der Waals surface area (Å²) >= 11 is 6.17. The lowest BCUT2D eigenvalue weighted by atomic mass is 9.65. The summed E-state index contributed by atoms with van der Waals surface area (Å²) in [5.74, 6) is -1.32. The minimum atomic E-state index is -4.61. The van der Waals surface area contributed by atoms with E-state index >= 15 is 0 Å². The third-order valence-corrected chi connectivity index (χ3v) is 6.08. The van der Waals surface area contributed by atoms with Crippen LogP contribution < -0.4 is 5.72 Å². The number of hydrogen-bond donors (Lipinski definition) is 0. The molecule has 0 N–H and O–H groups in total. The first-order chi connectivity index (χ1) is 16.9. The summed E-state index contributed by atoms with van der Waals surface area (Å²) in [5.41, 5.74) is -0.426. The zero-order chi connectivity index (χ0) is 26.1. The van der Waals surface area contributed by atoms with Crippen molar-refractivity contribution in [3.05, 3.63) is 112 Å². The van der Waals surface area contributed by atoms with Gasteiger partial charge in [-0.1, -0.05) is 54.3 Å². The van der Waals surface area contributed by atoms with Crippen LogP contribution in [0.5, 0.6) is 0 Å². The smallest absolute Gasteiger partial charge is 0.311 e. The van der Waals surface area contributed by atoms with Crippen molar-refractivity contribution in [2.24, 2.45) is 0 Å². The van der Waals surface area contributed by atoms with Crippen LogP contribution in [0.1, 0.15) is 28.2 Å². The fourth-order valence-corrected chi connectivity index (χ4v) is 4.34. The van der Waals surface area contributed by atoms with Crippen LogP contribution in [0.25, 0.3) is 5.69 Å². The molecule has 0 radical (unpaired) electrons. The fraction of sp³-hybridized carbons (Fsp3) is 0.160. The first kappa shape index (κ1) is 25.8. The Balaban J connectivity index is 1.72. The Hall–Kier alpha value is -3.27. The SMILES string of the molecule is Fc1ccc(-n2ccnc2BCC(c2cccc(C(F)(F)F)c2)c2cccc(C(F)(F)F)c2)c(Cl)c1. The quantitative estimate of drug-likeness (QED) is 0.196. The molecule has 1 aromatic heterocycles. The van der Waals surface area contributed by atoms with Gasteiger partial charge in [-0.15, -0.1) is 0 Å². The van der Waals surface area contributed by atoms with Gasteiger partial charge in [0.2, 0.25) is 7.28 Å². The van der Waals surface area contributed by atoms with Crippen LogP contribution in [-0.2, 0) is 12.4 Å². The lowest BCUT2D eigenvalue weighted by molar-refractivity contribution is -0.138. The van der Waals surface area contributed by atoms with E-state index in [2.05, 4.69) is 4.98 Å². The highest BCUT2D eigenvalue weighted by atomic mass is 35.5. The molecular weight excluding hydrogens is 508 g/mol. The van der Waals surface area contributed by atoms with Gasteiger partial charge in [-0.3, -0.25) is 4.98 Å². The van der Waals surface area contributed by atoms with Crippen molar-refractivity contribution in [2.45, 2.75) is 24.6 Å². The third kappa shape index (κ3) is 5.75. The second-order valence-electron chi connectivity index (χ2n) is 8.15. The number of aromatic nitrogens is 2. The van der Waals surface area contributed by atoms with E-state index in [4.69, 9.17) is 11.6 Å². The summed E-state index contributed by atoms with van der Waals surface area (Å²) in [7, 11) is 0.192. The summed E-state index contributed by atoms with van der Waals surface area (Å²) in [5, 5.41) is 0.126. The molecule has 4 rings (SSSR count). The van der Waals surface area contributed by atoms with Crippen molar-refractivity contribution >= 4 is 24.6 Å². The number of rotatable bonds is 6. The van der Waals surface area contributed by atoms with Crippen molar-refractivity contribution in [2.75, 3.05) is 0 Å². The Morgan fingerprint density at radius 3 is 1.94 bits per heavy atom. The van der Waals surface area contributed by atoms with Crippen molar-refractivity contribution < 1.29 is 30.7 Å². The minimum Gasteiger partial charge on any atom is -0.311 e. The molecule has 0 atom stereocenters. The standard InChI is InChI=1S/C25H17BClF7N2/c27-21-13-19(28)7-8-22(21)36-10-9-35-23(36)26-14-20(15-3-1-5-17(11-15)24(29,30)31)16-4-2-6-18(12-16)25(32,33)34/h1-13,20,26H,14H2. The Kier molecular flexibility index (Phi) is 7.18. The number of halogens is 8. The van der Waals surface area contributed by atoms with Gasteiger partial charge in [-0.2, -0.15) is 26.3 Å². The zero-order valence-electron chi connectivity index (χ0n) is 18.4. The maximum atomic E-state index is 13.5. The van der Waals surface area contributed by atoms with Crippen LogP contribution in [0.4, 0.5) is 30.7 Å². The molecule has 1 heterocycles. The van der Waals surface area contributed by atoms with Gasteiger partial charge in [0.25, 0.3) is 0 Å². The second-order valence-corrected chi connectivity index (χ2v) is 8.55. The van der Waals surface area contributed by atoms with E-state index in [1.54, 1.807) is 10.8 Å². The monoisotopic (exact) mass is 524 g/mol. The van der Waals surface area contributed by atoms with Crippen LogP contribution in [0.15, 0.2) is 79.1 Å². The molecule has 36 heavy (non-hydrogen) atoms. The number of alkyl halides is 6. The van der Waals surface area contributed by atoms with Gasteiger partial charge in [0.15, 0.2) is 0 Å². The van der Waals surface area contributed by atoms with E-state index in [0.29, 0.717) is 11.4 Å². The van der Waals surface area contributed by atoms with E-state index in [-0.39, 0.29) is 29.7 Å². The summed E-state index contributed by atoms with van der Waals surface area (Å²) in [4.78, 5) is 4.28. The molecule has 0 fully saturated rings. The average molecular weight is 525 g/mol. The van der Waals surface area contributed by atoms with Crippen molar-refractivity contribution in [3.63, 3.8) is 0 Å². The lowest BCUT2D eigenvalue weighted by Gasteiger charge is -2.21. The average Bonchev–Trinajstić information content (AvgIpc) is 3.27. The Bertz CT molecular complexity index is 1310. The molecule has 2 nitrogen and oxygen atoms in total. The summed E-state index contributed by atoms with van der Waals surface area (Å²) < 4.78 is 95.3. The molecule has 186 valence electrons. The molecule has 0 saturated carbocycles. The molecule has 0 aliphatic rings. The predicted octanol–water partition coefficient (Wildman–Crippen LogP) is 7.01. The van der Waals surface area contributed by atoms with Crippen molar-refractivity contribution in [3.8, 4) is 5.69 Å². The molecule has 11 heteroatoms. The summed E-state index contributed by atoms with van der Waals surface area (Å²) in [6, 6.07) is 12.9.